The topological polar surface area (TPSA) is 63.7 Å². The van der Waals surface area contributed by atoms with Gasteiger partial charge in [0.15, 0.2) is 6.61 Å². The number of hydrogen-bond donors (Lipinski definition) is 1. The van der Waals surface area contributed by atoms with Gasteiger partial charge in [-0.1, -0.05) is 11.6 Å². The summed E-state index contributed by atoms with van der Waals surface area (Å²) in [4.78, 5) is 15.9. The number of benzene rings is 1. The minimum Gasteiger partial charge on any atom is -0.471 e. The van der Waals surface area contributed by atoms with Crippen molar-refractivity contribution in [1.82, 2.24) is 14.0 Å². The number of carbonyl (C=O) groups excluding carboxylic acids is 1. The molecule has 3 rings (SSSR count). The van der Waals surface area contributed by atoms with Crippen molar-refractivity contribution in [2.75, 3.05) is 19.7 Å². The lowest BCUT2D eigenvalue weighted by atomic mass is 10.2. The van der Waals surface area contributed by atoms with Gasteiger partial charge in [0.05, 0.1) is 16.8 Å². The number of nitrogens with zero attached hydrogens (tertiary/aromatic N) is 2. The second-order valence-corrected chi connectivity index (χ2v) is 8.12. The summed E-state index contributed by atoms with van der Waals surface area (Å²) in [6.07, 6.45) is -1.78. The molecule has 32 heavy (non-hydrogen) atoms. The van der Waals surface area contributed by atoms with Gasteiger partial charge in [-0.05, 0) is 25.5 Å². The molecule has 1 fully saturated rings. The van der Waals surface area contributed by atoms with Gasteiger partial charge < -0.3 is 9.47 Å². The Morgan fingerprint density at radius 2 is 2.06 bits per heavy atom. The van der Waals surface area contributed by atoms with Crippen LogP contribution in [0.2, 0.25) is 5.02 Å². The van der Waals surface area contributed by atoms with E-state index in [0.29, 0.717) is 0 Å². The van der Waals surface area contributed by atoms with Gasteiger partial charge in [0, 0.05) is 36.9 Å². The van der Waals surface area contributed by atoms with Crippen molar-refractivity contribution in [3.8, 4) is 17.4 Å². The van der Waals surface area contributed by atoms with E-state index in [0.717, 1.165) is 50.0 Å². The second kappa shape index (κ2) is 10.1. The zero-order chi connectivity index (χ0) is 23.5. The second-order valence-electron chi connectivity index (χ2n) is 6.81. The highest BCUT2D eigenvalue weighted by Gasteiger charge is 2.42. The van der Waals surface area contributed by atoms with Crippen LogP contribution in [-0.2, 0) is 0 Å². The van der Waals surface area contributed by atoms with E-state index in [2.05, 4.69) is 14.4 Å². The van der Waals surface area contributed by atoms with Crippen molar-refractivity contribution >= 4 is 29.6 Å². The van der Waals surface area contributed by atoms with Crippen molar-refractivity contribution in [3.05, 3.63) is 46.4 Å². The first-order valence-corrected chi connectivity index (χ1v) is 10.4. The Bertz CT molecular complexity index is 995. The van der Waals surface area contributed by atoms with E-state index in [-0.39, 0.29) is 33.5 Å². The van der Waals surface area contributed by atoms with Crippen LogP contribution in [0.25, 0.3) is 0 Å². The number of alkyl halides is 4. The first kappa shape index (κ1) is 24.3. The van der Waals surface area contributed by atoms with Crippen LogP contribution in [0.4, 0.5) is 22.0 Å². The SMILES string of the molecule is Cc1cc(Oc2cc(F)c(C(=O)NSN3CCC3)cc2Cl)cnc1OCC(F)(F)C(F)F. The van der Waals surface area contributed by atoms with E-state index in [1.54, 1.807) is 0 Å². The van der Waals surface area contributed by atoms with Crippen molar-refractivity contribution in [3.63, 3.8) is 0 Å². The van der Waals surface area contributed by atoms with Gasteiger partial charge in [-0.25, -0.2) is 22.5 Å². The third kappa shape index (κ3) is 5.93. The van der Waals surface area contributed by atoms with Gasteiger partial charge >= 0.3 is 12.3 Å². The van der Waals surface area contributed by atoms with E-state index in [9.17, 15) is 26.7 Å². The lowest BCUT2D eigenvalue weighted by Crippen LogP contribution is -2.35. The Morgan fingerprint density at radius 3 is 2.66 bits per heavy atom. The van der Waals surface area contributed by atoms with Gasteiger partial charge in [0.2, 0.25) is 5.88 Å². The normalized spacial score (nSPS) is 14.2. The molecule has 0 atom stereocenters. The molecule has 1 aliphatic rings. The van der Waals surface area contributed by atoms with Crippen LogP contribution in [-0.4, -0.2) is 47.2 Å². The highest BCUT2D eigenvalue weighted by atomic mass is 35.5. The molecule has 0 spiro atoms. The zero-order valence-corrected chi connectivity index (χ0v) is 18.1. The predicted octanol–water partition coefficient (Wildman–Crippen LogP) is 5.25. The number of pyridine rings is 1. The maximum Gasteiger partial charge on any atom is 0.340 e. The first-order chi connectivity index (χ1) is 15.1. The molecule has 1 amide bonds. The Morgan fingerprint density at radius 1 is 1.34 bits per heavy atom. The largest absolute Gasteiger partial charge is 0.471 e. The van der Waals surface area contributed by atoms with Crippen LogP contribution in [0, 0.1) is 12.7 Å². The highest BCUT2D eigenvalue weighted by molar-refractivity contribution is 7.95. The van der Waals surface area contributed by atoms with Gasteiger partial charge in [-0.3, -0.25) is 9.52 Å². The van der Waals surface area contributed by atoms with Crippen LogP contribution in [0.5, 0.6) is 17.4 Å². The number of hydrogen-bond acceptors (Lipinski definition) is 6. The van der Waals surface area contributed by atoms with E-state index in [1.807, 2.05) is 4.31 Å². The molecule has 0 aliphatic carbocycles. The van der Waals surface area contributed by atoms with Gasteiger partial charge in [0.25, 0.3) is 5.91 Å². The van der Waals surface area contributed by atoms with Crippen molar-refractivity contribution in [1.29, 1.82) is 0 Å². The monoisotopic (exact) mass is 497 g/mol. The molecule has 13 heteroatoms. The molecule has 6 nitrogen and oxygen atoms in total. The van der Waals surface area contributed by atoms with Crippen LogP contribution >= 0.6 is 23.7 Å². The molecule has 0 radical (unpaired) electrons. The number of amides is 1. The summed E-state index contributed by atoms with van der Waals surface area (Å²) in [5.41, 5.74) is -0.0587. The lowest BCUT2D eigenvalue weighted by molar-refractivity contribution is -0.148. The minimum absolute atomic E-state index is 0.0555. The summed E-state index contributed by atoms with van der Waals surface area (Å²) < 4.78 is 79.4. The molecule has 2 heterocycles. The average molecular weight is 498 g/mol. The maximum absolute atomic E-state index is 14.4. The molecular weight excluding hydrogens is 481 g/mol. The summed E-state index contributed by atoms with van der Waals surface area (Å²) in [5.74, 6) is -6.20. The number of ether oxygens (including phenoxy) is 2. The van der Waals surface area contributed by atoms with Gasteiger partial charge in [0.1, 0.15) is 17.3 Å². The van der Waals surface area contributed by atoms with Crippen molar-refractivity contribution in [2.24, 2.45) is 0 Å². The Balaban J connectivity index is 1.66. The number of nitrogens with one attached hydrogen (secondary N) is 1. The predicted molar refractivity (Wildman–Crippen MR) is 108 cm³/mol. The number of carbonyl (C=O) groups is 1. The number of aromatic nitrogens is 1. The third-order valence-corrected chi connectivity index (χ3v) is 5.50. The molecule has 1 N–H and O–H groups in total. The Kier molecular flexibility index (Phi) is 7.67. The fourth-order valence-electron chi connectivity index (χ4n) is 2.42. The summed E-state index contributed by atoms with van der Waals surface area (Å²) in [6, 6.07) is 3.36. The summed E-state index contributed by atoms with van der Waals surface area (Å²) in [5, 5.41) is -0.0555. The molecule has 0 bridgehead atoms. The molecule has 174 valence electrons. The fourth-order valence-corrected chi connectivity index (χ4v) is 3.38. The standard InChI is InChI=1S/C19H17ClF5N3O3S/c1-10-5-11(8-26-17(10)30-9-19(24,25)18(22)23)31-15-7-14(21)12(6-13(15)20)16(29)27-32-28-3-2-4-28/h5-8,18H,2-4,9H2,1H3,(H,27,29). The molecular formula is C19H17ClF5N3O3S. The molecule has 1 aromatic carbocycles. The zero-order valence-electron chi connectivity index (χ0n) is 16.5. The summed E-state index contributed by atoms with van der Waals surface area (Å²) >= 11 is 7.19. The van der Waals surface area contributed by atoms with Crippen LogP contribution < -0.4 is 14.2 Å². The van der Waals surface area contributed by atoms with Crippen LogP contribution in [0.1, 0.15) is 22.3 Å². The average Bonchev–Trinajstić information content (AvgIpc) is 2.68. The van der Waals surface area contributed by atoms with E-state index < -0.39 is 30.7 Å². The first-order valence-electron chi connectivity index (χ1n) is 9.21. The summed E-state index contributed by atoms with van der Waals surface area (Å²) in [6.45, 7) is 1.54. The number of halogens is 6. The molecule has 1 aromatic heterocycles. The van der Waals surface area contributed by atoms with Gasteiger partial charge in [-0.2, -0.15) is 8.78 Å². The lowest BCUT2D eigenvalue weighted by Gasteiger charge is -2.28. The van der Waals surface area contributed by atoms with Gasteiger partial charge in [-0.15, -0.1) is 0 Å². The molecule has 0 saturated carbocycles. The Hall–Kier alpha value is -2.31. The smallest absolute Gasteiger partial charge is 0.340 e. The fraction of sp³-hybridized carbons (Fsp3) is 0.368. The van der Waals surface area contributed by atoms with E-state index >= 15 is 0 Å². The summed E-state index contributed by atoms with van der Waals surface area (Å²) in [7, 11) is 0. The molecule has 0 unspecified atom stereocenters. The third-order valence-electron chi connectivity index (χ3n) is 4.30. The van der Waals surface area contributed by atoms with Crippen LogP contribution in [0.15, 0.2) is 24.4 Å². The Labute approximate surface area is 189 Å². The van der Waals surface area contributed by atoms with E-state index in [1.165, 1.54) is 13.0 Å². The minimum atomic E-state index is -4.32. The van der Waals surface area contributed by atoms with Crippen molar-refractivity contribution < 1.29 is 36.2 Å². The number of aryl methyl sites for hydroxylation is 1. The molecule has 1 aliphatic heterocycles. The quantitative estimate of drug-likeness (QED) is 0.377. The van der Waals surface area contributed by atoms with E-state index in [4.69, 9.17) is 16.3 Å². The molecule has 2 aromatic rings. The van der Waals surface area contributed by atoms with Crippen molar-refractivity contribution in [2.45, 2.75) is 25.7 Å². The maximum atomic E-state index is 14.4. The van der Waals surface area contributed by atoms with Crippen LogP contribution in [0.3, 0.4) is 0 Å². The molecule has 1 saturated heterocycles. The highest BCUT2D eigenvalue weighted by Crippen LogP contribution is 2.33. The number of rotatable bonds is 9.